The van der Waals surface area contributed by atoms with Crippen LogP contribution in [0.4, 0.5) is 0 Å². The van der Waals surface area contributed by atoms with Crippen molar-refractivity contribution in [3.63, 3.8) is 0 Å². The van der Waals surface area contributed by atoms with Gasteiger partial charge in [-0.2, -0.15) is 11.8 Å². The summed E-state index contributed by atoms with van der Waals surface area (Å²) in [7, 11) is 0. The minimum absolute atomic E-state index is 0.606. The first-order valence-electron chi connectivity index (χ1n) is 5.78. The van der Waals surface area contributed by atoms with Crippen LogP contribution in [0.5, 0.6) is 0 Å². The van der Waals surface area contributed by atoms with Crippen molar-refractivity contribution in [3.05, 3.63) is 22.2 Å². The van der Waals surface area contributed by atoms with Gasteiger partial charge < -0.3 is 0 Å². The molecule has 0 aromatic carbocycles. The van der Waals surface area contributed by atoms with Crippen molar-refractivity contribution in [2.24, 2.45) is 0 Å². The molecule has 0 spiro atoms. The van der Waals surface area contributed by atoms with E-state index in [0.29, 0.717) is 5.15 Å². The maximum atomic E-state index is 6.05. The van der Waals surface area contributed by atoms with Crippen LogP contribution in [0.1, 0.15) is 42.8 Å². The highest BCUT2D eigenvalue weighted by atomic mass is 35.5. The van der Waals surface area contributed by atoms with Crippen LogP contribution >= 0.6 is 23.4 Å². The Morgan fingerprint density at radius 1 is 1.25 bits per heavy atom. The highest BCUT2D eigenvalue weighted by Crippen LogP contribution is 2.31. The lowest BCUT2D eigenvalue weighted by Crippen LogP contribution is -2.02. The van der Waals surface area contributed by atoms with Gasteiger partial charge in [0, 0.05) is 16.5 Å². The summed E-state index contributed by atoms with van der Waals surface area (Å²) in [6.07, 6.45) is 5.46. The van der Waals surface area contributed by atoms with E-state index in [4.69, 9.17) is 11.6 Å². The predicted molar refractivity (Wildman–Crippen MR) is 70.1 cm³/mol. The molecule has 0 amide bonds. The summed E-state index contributed by atoms with van der Waals surface area (Å²) < 4.78 is 0. The number of halogens is 1. The second-order valence-electron chi connectivity index (χ2n) is 4.36. The Labute approximate surface area is 106 Å². The van der Waals surface area contributed by atoms with E-state index >= 15 is 0 Å². The van der Waals surface area contributed by atoms with E-state index in [2.05, 4.69) is 9.97 Å². The Hall–Kier alpha value is -0.280. The van der Waals surface area contributed by atoms with Crippen molar-refractivity contribution in [1.29, 1.82) is 0 Å². The van der Waals surface area contributed by atoms with Gasteiger partial charge in [0.2, 0.25) is 0 Å². The molecule has 0 unspecified atom stereocenters. The van der Waals surface area contributed by atoms with E-state index in [1.54, 1.807) is 0 Å². The quantitative estimate of drug-likeness (QED) is 0.767. The summed E-state index contributed by atoms with van der Waals surface area (Å²) in [4.78, 5) is 8.81. The van der Waals surface area contributed by atoms with Crippen LogP contribution in [0.3, 0.4) is 0 Å². The van der Waals surface area contributed by atoms with Crippen molar-refractivity contribution >= 4 is 23.4 Å². The molecule has 1 aromatic heterocycles. The number of nitrogens with zero attached hydrogens (tertiary/aromatic N) is 2. The molecule has 0 N–H and O–H groups in total. The third-order valence-corrected chi connectivity index (χ3v) is 4.86. The Bertz CT molecular complexity index is 352. The van der Waals surface area contributed by atoms with Crippen molar-refractivity contribution in [2.75, 3.05) is 0 Å². The summed E-state index contributed by atoms with van der Waals surface area (Å²) in [5.41, 5.74) is 2.00. The maximum Gasteiger partial charge on any atom is 0.140 e. The van der Waals surface area contributed by atoms with Crippen molar-refractivity contribution in [1.82, 2.24) is 9.97 Å². The number of rotatable bonds is 3. The Balaban J connectivity index is 1.98. The van der Waals surface area contributed by atoms with E-state index in [1.807, 2.05) is 25.6 Å². The molecule has 88 valence electrons. The molecule has 0 aliphatic heterocycles. The molecular formula is C12H17ClN2S. The largest absolute Gasteiger partial charge is 0.237 e. The van der Waals surface area contributed by atoms with Crippen molar-refractivity contribution in [3.8, 4) is 0 Å². The second kappa shape index (κ2) is 5.37. The van der Waals surface area contributed by atoms with E-state index in [9.17, 15) is 0 Å². The summed E-state index contributed by atoms with van der Waals surface area (Å²) in [5, 5.41) is 1.42. The van der Waals surface area contributed by atoms with E-state index in [1.165, 1.54) is 25.7 Å². The zero-order chi connectivity index (χ0) is 11.5. The molecule has 16 heavy (non-hydrogen) atoms. The maximum absolute atomic E-state index is 6.05. The van der Waals surface area contributed by atoms with Crippen LogP contribution in [-0.4, -0.2) is 15.2 Å². The fraction of sp³-hybridized carbons (Fsp3) is 0.667. The van der Waals surface area contributed by atoms with Crippen molar-refractivity contribution < 1.29 is 0 Å². The first kappa shape index (κ1) is 12.2. The topological polar surface area (TPSA) is 25.8 Å². The molecule has 0 saturated heterocycles. The number of aromatic nitrogens is 2. The standard InChI is InChI=1S/C12H17ClN2S/c1-8-9(2)14-11(15-12(8)13)7-16-10-5-3-4-6-10/h10H,3-7H2,1-2H3. The van der Waals surface area contributed by atoms with Crippen LogP contribution < -0.4 is 0 Å². The molecule has 1 fully saturated rings. The molecule has 2 rings (SSSR count). The molecule has 0 radical (unpaired) electrons. The zero-order valence-electron chi connectivity index (χ0n) is 9.79. The molecule has 1 aliphatic carbocycles. The third kappa shape index (κ3) is 2.89. The van der Waals surface area contributed by atoms with Gasteiger partial charge in [0.05, 0.1) is 5.75 Å². The molecular weight excluding hydrogens is 240 g/mol. The third-order valence-electron chi connectivity index (χ3n) is 3.13. The Morgan fingerprint density at radius 2 is 1.94 bits per heavy atom. The van der Waals surface area contributed by atoms with Crippen LogP contribution in [0.25, 0.3) is 0 Å². The van der Waals surface area contributed by atoms with Crippen LogP contribution in [-0.2, 0) is 5.75 Å². The molecule has 1 saturated carbocycles. The normalized spacial score (nSPS) is 16.9. The summed E-state index contributed by atoms with van der Waals surface area (Å²) in [5.74, 6) is 1.77. The minimum atomic E-state index is 0.606. The molecule has 1 aromatic rings. The molecule has 1 aliphatic rings. The molecule has 0 atom stereocenters. The Morgan fingerprint density at radius 3 is 2.56 bits per heavy atom. The van der Waals surface area contributed by atoms with Gasteiger partial charge in [0.1, 0.15) is 11.0 Å². The SMILES string of the molecule is Cc1nc(CSC2CCCC2)nc(Cl)c1C. The summed E-state index contributed by atoms with van der Waals surface area (Å²) >= 11 is 8.03. The van der Waals surface area contributed by atoms with E-state index < -0.39 is 0 Å². The minimum Gasteiger partial charge on any atom is -0.237 e. The van der Waals surface area contributed by atoms with Gasteiger partial charge in [-0.1, -0.05) is 24.4 Å². The lowest BCUT2D eigenvalue weighted by molar-refractivity contribution is 0.886. The Kier molecular flexibility index (Phi) is 4.09. The summed E-state index contributed by atoms with van der Waals surface area (Å²) in [6, 6.07) is 0. The first-order chi connectivity index (χ1) is 7.66. The molecule has 1 heterocycles. The van der Waals surface area contributed by atoms with Gasteiger partial charge in [-0.25, -0.2) is 9.97 Å². The lowest BCUT2D eigenvalue weighted by atomic mass is 10.3. The number of thioether (sulfide) groups is 1. The fourth-order valence-electron chi connectivity index (χ4n) is 1.96. The smallest absolute Gasteiger partial charge is 0.140 e. The first-order valence-corrected chi connectivity index (χ1v) is 7.20. The highest BCUT2D eigenvalue weighted by Gasteiger charge is 2.16. The van der Waals surface area contributed by atoms with Gasteiger partial charge in [0.25, 0.3) is 0 Å². The predicted octanol–water partition coefficient (Wildman–Crippen LogP) is 3.92. The van der Waals surface area contributed by atoms with Crippen LogP contribution in [0, 0.1) is 13.8 Å². The molecule has 2 nitrogen and oxygen atoms in total. The molecule has 4 heteroatoms. The second-order valence-corrected chi connectivity index (χ2v) is 6.01. The monoisotopic (exact) mass is 256 g/mol. The average molecular weight is 257 g/mol. The van der Waals surface area contributed by atoms with Crippen molar-refractivity contribution in [2.45, 2.75) is 50.5 Å². The van der Waals surface area contributed by atoms with Gasteiger partial charge >= 0.3 is 0 Å². The number of hydrogen-bond donors (Lipinski definition) is 0. The summed E-state index contributed by atoms with van der Waals surface area (Å²) in [6.45, 7) is 3.96. The average Bonchev–Trinajstić information content (AvgIpc) is 2.75. The fourth-order valence-corrected chi connectivity index (χ4v) is 3.38. The van der Waals surface area contributed by atoms with Gasteiger partial charge in [-0.15, -0.1) is 0 Å². The van der Waals surface area contributed by atoms with E-state index in [-0.39, 0.29) is 0 Å². The number of hydrogen-bond acceptors (Lipinski definition) is 3. The molecule has 0 bridgehead atoms. The van der Waals surface area contributed by atoms with Gasteiger partial charge in [0.15, 0.2) is 0 Å². The number of aryl methyl sites for hydroxylation is 1. The van der Waals surface area contributed by atoms with E-state index in [0.717, 1.165) is 28.1 Å². The van der Waals surface area contributed by atoms with Gasteiger partial charge in [-0.05, 0) is 26.7 Å². The van der Waals surface area contributed by atoms with Gasteiger partial charge in [-0.3, -0.25) is 0 Å². The highest BCUT2D eigenvalue weighted by molar-refractivity contribution is 7.99. The van der Waals surface area contributed by atoms with Crippen LogP contribution in [0.15, 0.2) is 0 Å². The lowest BCUT2D eigenvalue weighted by Gasteiger charge is -2.09. The zero-order valence-corrected chi connectivity index (χ0v) is 11.4. The van der Waals surface area contributed by atoms with Crippen LogP contribution in [0.2, 0.25) is 5.15 Å².